The predicted octanol–water partition coefficient (Wildman–Crippen LogP) is 3.35. The molecule has 1 aliphatic rings. The molecule has 0 N–H and O–H groups in total. The minimum Gasteiger partial charge on any atom is -0.338 e. The van der Waals surface area contributed by atoms with Crippen LogP contribution in [0.5, 0.6) is 0 Å². The normalized spacial score (nSPS) is 14.0. The highest BCUT2D eigenvalue weighted by atomic mass is 32.1. The van der Waals surface area contributed by atoms with Crippen LogP contribution < -0.4 is 10.5 Å². The zero-order valence-electron chi connectivity index (χ0n) is 15.8. The van der Waals surface area contributed by atoms with E-state index in [0.717, 1.165) is 13.0 Å². The number of aromatic nitrogens is 4. The molecule has 0 saturated heterocycles. The molecule has 5 rings (SSSR count). The molecule has 142 valence electrons. The van der Waals surface area contributed by atoms with Gasteiger partial charge in [-0.3, -0.25) is 9.36 Å². The van der Waals surface area contributed by atoms with E-state index < -0.39 is 0 Å². The van der Waals surface area contributed by atoms with Crippen molar-refractivity contribution in [2.45, 2.75) is 6.42 Å². The molecule has 0 fully saturated rings. The maximum absolute atomic E-state index is 12.6. The zero-order chi connectivity index (χ0) is 19.8. The standard InChI is InChI=1S/C22H17N5OS/c1-26-21(28)11-19(18-8-9-23-14-24-18)25-22(26)27-10-4-5-15(12-27)17-13-29-20-7-3-2-6-16(17)20/h2-3,5-7,11,13-14H,4,10,12H2,1H3. The van der Waals surface area contributed by atoms with Crippen molar-refractivity contribution in [3.8, 4) is 11.4 Å². The molecule has 0 saturated carbocycles. The Hall–Kier alpha value is -3.50. The Kier molecular flexibility index (Phi) is 4.34. The van der Waals surface area contributed by atoms with Gasteiger partial charge in [-0.15, -0.1) is 11.3 Å². The molecule has 4 heterocycles. The first-order valence-electron chi connectivity index (χ1n) is 9.30. The summed E-state index contributed by atoms with van der Waals surface area (Å²) in [6.45, 7) is 1.50. The van der Waals surface area contributed by atoms with Crippen LogP contribution in [0, 0.1) is 12.3 Å². The van der Waals surface area contributed by atoms with Gasteiger partial charge < -0.3 is 4.90 Å². The summed E-state index contributed by atoms with van der Waals surface area (Å²) in [5, 5.41) is 3.49. The Morgan fingerprint density at radius 1 is 1.24 bits per heavy atom. The third-order valence-corrected chi connectivity index (χ3v) is 6.06. The topological polar surface area (TPSA) is 63.9 Å². The number of fused-ring (bicyclic) bond motifs is 1. The number of hydrogen-bond acceptors (Lipinski definition) is 6. The summed E-state index contributed by atoms with van der Waals surface area (Å²) in [4.78, 5) is 27.4. The largest absolute Gasteiger partial charge is 0.338 e. The molecule has 3 aromatic heterocycles. The SMILES string of the molecule is Cn1c(N2CCC=C(c3csc4ccccc34)C2)nc(-c2c#cncn2)cc1=O. The number of rotatable bonds is 3. The average molecular weight is 399 g/mol. The van der Waals surface area contributed by atoms with E-state index in [4.69, 9.17) is 4.98 Å². The molecule has 1 aromatic carbocycles. The van der Waals surface area contributed by atoms with Gasteiger partial charge in [0.25, 0.3) is 5.56 Å². The van der Waals surface area contributed by atoms with Gasteiger partial charge in [-0.05, 0) is 35.1 Å². The molecule has 0 aliphatic carbocycles. The summed E-state index contributed by atoms with van der Waals surface area (Å²) >= 11 is 1.76. The quantitative estimate of drug-likeness (QED) is 0.529. The molecular formula is C22H17N5OS. The lowest BCUT2D eigenvalue weighted by Crippen LogP contribution is -2.35. The second-order valence-corrected chi connectivity index (χ2v) is 7.79. The van der Waals surface area contributed by atoms with Gasteiger partial charge in [0.1, 0.15) is 17.7 Å². The zero-order valence-corrected chi connectivity index (χ0v) is 16.6. The van der Waals surface area contributed by atoms with E-state index in [0.29, 0.717) is 23.9 Å². The fourth-order valence-electron chi connectivity index (χ4n) is 3.63. The lowest BCUT2D eigenvalue weighted by Gasteiger charge is -2.29. The number of nitrogens with zero attached hydrogens (tertiary/aromatic N) is 5. The van der Waals surface area contributed by atoms with Gasteiger partial charge in [-0.2, -0.15) is 4.98 Å². The lowest BCUT2D eigenvalue weighted by molar-refractivity contribution is 0.727. The van der Waals surface area contributed by atoms with E-state index in [1.807, 2.05) is 0 Å². The highest BCUT2D eigenvalue weighted by Crippen LogP contribution is 2.33. The minimum atomic E-state index is -0.130. The Morgan fingerprint density at radius 3 is 3.00 bits per heavy atom. The maximum Gasteiger partial charge on any atom is 0.255 e. The highest BCUT2D eigenvalue weighted by molar-refractivity contribution is 7.17. The summed E-state index contributed by atoms with van der Waals surface area (Å²) in [6, 6.07) is 12.8. The second-order valence-electron chi connectivity index (χ2n) is 6.88. The highest BCUT2D eigenvalue weighted by Gasteiger charge is 2.21. The fourth-order valence-corrected chi connectivity index (χ4v) is 4.62. The molecule has 0 bridgehead atoms. The van der Waals surface area contributed by atoms with E-state index in [9.17, 15) is 4.79 Å². The number of anilines is 1. The van der Waals surface area contributed by atoms with E-state index in [1.165, 1.54) is 33.6 Å². The van der Waals surface area contributed by atoms with Crippen LogP contribution in [0.4, 0.5) is 5.95 Å². The van der Waals surface area contributed by atoms with Gasteiger partial charge in [0.05, 0.1) is 0 Å². The molecule has 29 heavy (non-hydrogen) atoms. The molecule has 1 aliphatic heterocycles. The van der Waals surface area contributed by atoms with Gasteiger partial charge in [0, 0.05) is 42.5 Å². The van der Waals surface area contributed by atoms with Crippen molar-refractivity contribution in [1.82, 2.24) is 19.5 Å². The van der Waals surface area contributed by atoms with E-state index in [1.54, 1.807) is 23.0 Å². The molecule has 0 spiro atoms. The smallest absolute Gasteiger partial charge is 0.255 e. The van der Waals surface area contributed by atoms with Crippen LogP contribution in [0.15, 0.2) is 52.9 Å². The summed E-state index contributed by atoms with van der Waals surface area (Å²) < 4.78 is 2.87. The van der Waals surface area contributed by atoms with Gasteiger partial charge >= 0.3 is 0 Å². The van der Waals surface area contributed by atoms with Gasteiger partial charge in [-0.1, -0.05) is 24.3 Å². The molecule has 7 heteroatoms. The molecule has 0 amide bonds. The van der Waals surface area contributed by atoms with Crippen molar-refractivity contribution in [2.75, 3.05) is 18.0 Å². The molecular weight excluding hydrogens is 382 g/mol. The van der Waals surface area contributed by atoms with Crippen LogP contribution in [0.2, 0.25) is 0 Å². The third-order valence-electron chi connectivity index (χ3n) is 5.10. The third kappa shape index (κ3) is 3.18. The van der Waals surface area contributed by atoms with Crippen LogP contribution in [0.3, 0.4) is 0 Å². The molecule has 6 nitrogen and oxygen atoms in total. The Bertz CT molecular complexity index is 1280. The van der Waals surface area contributed by atoms with Crippen LogP contribution >= 0.6 is 11.3 Å². The van der Waals surface area contributed by atoms with Crippen molar-refractivity contribution >= 4 is 32.9 Å². The van der Waals surface area contributed by atoms with Crippen LogP contribution in [0.25, 0.3) is 27.0 Å². The van der Waals surface area contributed by atoms with Crippen molar-refractivity contribution in [1.29, 1.82) is 0 Å². The molecule has 4 aromatic rings. The molecule has 0 unspecified atom stereocenters. The first kappa shape index (κ1) is 17.6. The van der Waals surface area contributed by atoms with E-state index >= 15 is 0 Å². The van der Waals surface area contributed by atoms with Gasteiger partial charge in [-0.25, -0.2) is 9.97 Å². The van der Waals surface area contributed by atoms with Crippen LogP contribution in [0.1, 0.15) is 12.0 Å². The summed E-state index contributed by atoms with van der Waals surface area (Å²) in [5.41, 5.74) is 3.34. The first-order chi connectivity index (χ1) is 14.2. The minimum absolute atomic E-state index is 0.130. The summed E-state index contributed by atoms with van der Waals surface area (Å²) in [7, 11) is 1.75. The number of thiophene rings is 1. The Labute approximate surface area is 171 Å². The Balaban J connectivity index is 1.53. The van der Waals surface area contributed by atoms with Crippen molar-refractivity contribution in [3.63, 3.8) is 0 Å². The average Bonchev–Trinajstić information content (AvgIpc) is 3.20. The van der Waals surface area contributed by atoms with Crippen LogP contribution in [-0.2, 0) is 7.05 Å². The monoisotopic (exact) mass is 399 g/mol. The summed E-state index contributed by atoms with van der Waals surface area (Å²) in [6.07, 6.45) is 7.20. The van der Waals surface area contributed by atoms with Gasteiger partial charge in [0.15, 0.2) is 0 Å². The first-order valence-corrected chi connectivity index (χ1v) is 10.2. The van der Waals surface area contributed by atoms with E-state index in [2.05, 4.69) is 62.9 Å². The second kappa shape index (κ2) is 7.15. The Morgan fingerprint density at radius 2 is 2.14 bits per heavy atom. The van der Waals surface area contributed by atoms with Crippen molar-refractivity contribution in [3.05, 3.63) is 76.3 Å². The fraction of sp³-hybridized carbons (Fsp3) is 0.182. The lowest BCUT2D eigenvalue weighted by atomic mass is 10.0. The number of hydrogen-bond donors (Lipinski definition) is 0. The van der Waals surface area contributed by atoms with Crippen LogP contribution in [-0.4, -0.2) is 32.6 Å². The summed E-state index contributed by atoms with van der Waals surface area (Å²) in [5.74, 6) is 0.629. The molecule has 0 atom stereocenters. The van der Waals surface area contributed by atoms with E-state index in [-0.39, 0.29) is 5.56 Å². The predicted molar refractivity (Wildman–Crippen MR) is 115 cm³/mol. The van der Waals surface area contributed by atoms with Crippen molar-refractivity contribution in [2.24, 2.45) is 7.05 Å². The maximum atomic E-state index is 12.6. The van der Waals surface area contributed by atoms with Crippen molar-refractivity contribution < 1.29 is 0 Å². The number of benzene rings is 1. The molecule has 0 radical (unpaired) electrons. The van der Waals surface area contributed by atoms with Gasteiger partial charge in [0.2, 0.25) is 5.95 Å².